The molecule has 25 heavy (non-hydrogen) atoms. The van der Waals surface area contributed by atoms with E-state index >= 15 is 0 Å². The number of para-hydroxylation sites is 1. The van der Waals surface area contributed by atoms with Crippen LogP contribution >= 0.6 is 11.6 Å². The van der Waals surface area contributed by atoms with Gasteiger partial charge < -0.3 is 10.2 Å². The quantitative estimate of drug-likeness (QED) is 0.731. The number of tetrazole rings is 1. The Hall–Kier alpha value is -2.51. The van der Waals surface area contributed by atoms with Crippen LogP contribution in [0, 0.1) is 5.82 Å². The molecule has 0 amide bonds. The van der Waals surface area contributed by atoms with Crippen molar-refractivity contribution in [2.24, 2.45) is 0 Å². The van der Waals surface area contributed by atoms with Gasteiger partial charge in [-0.15, -0.1) is 0 Å². The number of likely N-dealkylation sites (N-methyl/N-ethyl adjacent to an activating group) is 1. The van der Waals surface area contributed by atoms with E-state index in [1.54, 1.807) is 16.8 Å². The third-order valence-electron chi connectivity index (χ3n) is 3.88. The molecule has 0 aliphatic heterocycles. The Labute approximate surface area is 150 Å². The molecule has 0 fully saturated rings. The van der Waals surface area contributed by atoms with Gasteiger partial charge >= 0.3 is 0 Å². The van der Waals surface area contributed by atoms with Crippen molar-refractivity contribution in [2.75, 3.05) is 26.0 Å². The number of nitrogens with zero attached hydrogens (tertiary/aromatic N) is 5. The van der Waals surface area contributed by atoms with Gasteiger partial charge in [0.05, 0.1) is 11.7 Å². The predicted molar refractivity (Wildman–Crippen MR) is 95.5 cm³/mol. The Balaban J connectivity index is 1.84. The summed E-state index contributed by atoms with van der Waals surface area (Å²) in [6, 6.07) is 13.9. The maximum Gasteiger partial charge on any atom is 0.247 e. The van der Waals surface area contributed by atoms with E-state index in [2.05, 4.69) is 20.8 Å². The first-order chi connectivity index (χ1) is 12.1. The van der Waals surface area contributed by atoms with Crippen LogP contribution < -0.4 is 5.32 Å². The number of halogens is 2. The Morgan fingerprint density at radius 2 is 1.92 bits per heavy atom. The molecule has 0 radical (unpaired) electrons. The van der Waals surface area contributed by atoms with Crippen molar-refractivity contribution < 1.29 is 4.39 Å². The molecule has 0 aliphatic rings. The molecule has 2 aromatic carbocycles. The lowest BCUT2D eigenvalue weighted by Gasteiger charge is -2.26. The molecule has 1 N–H and O–H groups in total. The van der Waals surface area contributed by atoms with Gasteiger partial charge in [-0.05, 0) is 48.8 Å². The average molecular weight is 361 g/mol. The van der Waals surface area contributed by atoms with Gasteiger partial charge in [0.1, 0.15) is 5.82 Å². The zero-order chi connectivity index (χ0) is 17.8. The highest BCUT2D eigenvalue weighted by Crippen LogP contribution is 2.29. The van der Waals surface area contributed by atoms with Gasteiger partial charge in [-0.1, -0.05) is 41.0 Å². The molecular weight excluding hydrogens is 343 g/mol. The van der Waals surface area contributed by atoms with Gasteiger partial charge in [-0.3, -0.25) is 0 Å². The molecule has 3 rings (SSSR count). The van der Waals surface area contributed by atoms with Gasteiger partial charge in [-0.25, -0.2) is 4.39 Å². The topological polar surface area (TPSA) is 58.9 Å². The van der Waals surface area contributed by atoms with E-state index in [1.165, 1.54) is 6.07 Å². The van der Waals surface area contributed by atoms with Gasteiger partial charge in [-0.2, -0.15) is 4.68 Å². The molecule has 3 aromatic rings. The van der Waals surface area contributed by atoms with Crippen LogP contribution in [0.15, 0.2) is 48.5 Å². The van der Waals surface area contributed by atoms with E-state index in [9.17, 15) is 4.39 Å². The van der Waals surface area contributed by atoms with Crippen LogP contribution in [0.25, 0.3) is 5.69 Å². The van der Waals surface area contributed by atoms with E-state index in [-0.39, 0.29) is 11.9 Å². The van der Waals surface area contributed by atoms with Gasteiger partial charge in [0.2, 0.25) is 5.95 Å². The Kier molecular flexibility index (Phi) is 5.25. The standard InChI is InChI=1S/C17H18ClFN6/c1-24(2)15(16-13(18)9-6-10-14(16)19)11-20-17-21-22-23-25(17)12-7-4-3-5-8-12/h3-10,15H,11H2,1-2H3,(H,20,21,23)/t15-/m0/s1. The molecule has 0 saturated carbocycles. The number of hydrogen-bond acceptors (Lipinski definition) is 5. The lowest BCUT2D eigenvalue weighted by atomic mass is 10.1. The van der Waals surface area contributed by atoms with Crippen molar-refractivity contribution in [3.05, 3.63) is 64.9 Å². The smallest absolute Gasteiger partial charge is 0.247 e. The summed E-state index contributed by atoms with van der Waals surface area (Å²) in [6.45, 7) is 0.390. The summed E-state index contributed by atoms with van der Waals surface area (Å²) in [6.07, 6.45) is 0. The normalized spacial score (nSPS) is 12.4. The Morgan fingerprint density at radius 3 is 2.60 bits per heavy atom. The second-order valence-corrected chi connectivity index (χ2v) is 6.15. The number of anilines is 1. The predicted octanol–water partition coefficient (Wildman–Crippen LogP) is 3.17. The molecule has 0 bridgehead atoms. The van der Waals surface area contributed by atoms with Crippen LogP contribution in [0.5, 0.6) is 0 Å². The molecule has 1 aromatic heterocycles. The molecule has 6 nitrogen and oxygen atoms in total. The van der Waals surface area contributed by atoms with Crippen LogP contribution in [0.1, 0.15) is 11.6 Å². The van der Waals surface area contributed by atoms with E-state index in [0.717, 1.165) is 5.69 Å². The molecule has 8 heteroatoms. The highest BCUT2D eigenvalue weighted by atomic mass is 35.5. The van der Waals surface area contributed by atoms with E-state index in [4.69, 9.17) is 11.6 Å². The molecule has 1 heterocycles. The molecule has 130 valence electrons. The molecule has 0 spiro atoms. The van der Waals surface area contributed by atoms with E-state index in [1.807, 2.05) is 49.3 Å². The summed E-state index contributed by atoms with van der Waals surface area (Å²) in [5.74, 6) is 0.140. The van der Waals surface area contributed by atoms with Crippen molar-refractivity contribution >= 4 is 17.5 Å². The van der Waals surface area contributed by atoms with Gasteiger partial charge in [0, 0.05) is 17.1 Å². The number of aromatic nitrogens is 4. The van der Waals surface area contributed by atoms with E-state index in [0.29, 0.717) is 23.1 Å². The summed E-state index contributed by atoms with van der Waals surface area (Å²) >= 11 is 6.22. The summed E-state index contributed by atoms with van der Waals surface area (Å²) in [4.78, 5) is 1.90. The monoisotopic (exact) mass is 360 g/mol. The van der Waals surface area contributed by atoms with Crippen LogP contribution in [0.2, 0.25) is 5.02 Å². The van der Waals surface area contributed by atoms with Crippen molar-refractivity contribution in [2.45, 2.75) is 6.04 Å². The number of nitrogens with one attached hydrogen (secondary N) is 1. The minimum Gasteiger partial charge on any atom is -0.351 e. The molecular formula is C17H18ClFN6. The number of rotatable bonds is 6. The average Bonchev–Trinajstić information content (AvgIpc) is 3.06. The zero-order valence-electron chi connectivity index (χ0n) is 13.9. The van der Waals surface area contributed by atoms with Crippen molar-refractivity contribution in [1.82, 2.24) is 25.1 Å². The number of hydrogen-bond donors (Lipinski definition) is 1. The molecule has 0 unspecified atom stereocenters. The highest BCUT2D eigenvalue weighted by Gasteiger charge is 2.22. The second-order valence-electron chi connectivity index (χ2n) is 5.75. The first-order valence-corrected chi connectivity index (χ1v) is 8.13. The first-order valence-electron chi connectivity index (χ1n) is 7.76. The van der Waals surface area contributed by atoms with Gasteiger partial charge in [0.15, 0.2) is 0 Å². The van der Waals surface area contributed by atoms with Gasteiger partial charge in [0.25, 0.3) is 0 Å². The van der Waals surface area contributed by atoms with Crippen molar-refractivity contribution in [1.29, 1.82) is 0 Å². The maximum absolute atomic E-state index is 14.3. The van der Waals surface area contributed by atoms with Crippen LogP contribution in [0.4, 0.5) is 10.3 Å². The third kappa shape index (κ3) is 3.78. The fourth-order valence-corrected chi connectivity index (χ4v) is 2.89. The zero-order valence-corrected chi connectivity index (χ0v) is 14.7. The number of benzene rings is 2. The van der Waals surface area contributed by atoms with Crippen LogP contribution in [-0.2, 0) is 0 Å². The van der Waals surface area contributed by atoms with Crippen molar-refractivity contribution in [3.63, 3.8) is 0 Å². The van der Waals surface area contributed by atoms with Crippen molar-refractivity contribution in [3.8, 4) is 5.69 Å². The lowest BCUT2D eigenvalue weighted by Crippen LogP contribution is -2.28. The lowest BCUT2D eigenvalue weighted by molar-refractivity contribution is 0.303. The first kappa shape index (κ1) is 17.3. The van der Waals surface area contributed by atoms with Crippen LogP contribution in [-0.4, -0.2) is 45.7 Å². The second kappa shape index (κ2) is 7.58. The minimum absolute atomic E-state index is 0.283. The molecule has 0 aliphatic carbocycles. The Bertz CT molecular complexity index is 816. The SMILES string of the molecule is CN(C)[C@@H](CNc1nnnn1-c1ccccc1)c1c(F)cccc1Cl. The largest absolute Gasteiger partial charge is 0.351 e. The fraction of sp³-hybridized carbons (Fsp3) is 0.235. The minimum atomic E-state index is -0.337. The summed E-state index contributed by atoms with van der Waals surface area (Å²) in [7, 11) is 3.74. The molecule has 0 saturated heterocycles. The summed E-state index contributed by atoms with van der Waals surface area (Å²) in [5, 5.41) is 15.3. The highest BCUT2D eigenvalue weighted by molar-refractivity contribution is 6.31. The Morgan fingerprint density at radius 1 is 1.16 bits per heavy atom. The van der Waals surface area contributed by atoms with Crippen LogP contribution in [0.3, 0.4) is 0 Å². The maximum atomic E-state index is 14.3. The molecule has 1 atom stereocenters. The fourth-order valence-electron chi connectivity index (χ4n) is 2.60. The summed E-state index contributed by atoms with van der Waals surface area (Å²) < 4.78 is 15.9. The van der Waals surface area contributed by atoms with E-state index < -0.39 is 0 Å². The summed E-state index contributed by atoms with van der Waals surface area (Å²) in [5.41, 5.74) is 1.28. The third-order valence-corrected chi connectivity index (χ3v) is 4.21.